The summed E-state index contributed by atoms with van der Waals surface area (Å²) < 4.78 is 0. The summed E-state index contributed by atoms with van der Waals surface area (Å²) in [6.07, 6.45) is 0. The highest BCUT2D eigenvalue weighted by Crippen LogP contribution is 2.06. The predicted molar refractivity (Wildman–Crippen MR) is 72.8 cm³/mol. The van der Waals surface area contributed by atoms with Crippen molar-refractivity contribution in [2.75, 3.05) is 7.05 Å². The van der Waals surface area contributed by atoms with E-state index >= 15 is 0 Å². The Morgan fingerprint density at radius 3 is 1.50 bits per heavy atom. The number of rotatable bonds is 3. The van der Waals surface area contributed by atoms with Gasteiger partial charge < -0.3 is 4.98 Å². The summed E-state index contributed by atoms with van der Waals surface area (Å²) >= 11 is 6.80. The molecule has 0 saturated carbocycles. The molecule has 0 amide bonds. The molecule has 16 heavy (non-hydrogen) atoms. The highest BCUT2D eigenvalue weighted by molar-refractivity contribution is 7.32. The Morgan fingerprint density at radius 2 is 1.19 bits per heavy atom. The lowest BCUT2D eigenvalue weighted by atomic mass is 10.4. The lowest BCUT2D eigenvalue weighted by Crippen LogP contribution is -2.63. The summed E-state index contributed by atoms with van der Waals surface area (Å²) in [5, 5.41) is 2.37. The molecule has 0 bridgehead atoms. The fourth-order valence-electron chi connectivity index (χ4n) is 1.79. The maximum atomic E-state index is 6.80. The lowest BCUT2D eigenvalue weighted by molar-refractivity contribution is 1.22. The molecular weight excluding hydrogens is 234 g/mol. The molecule has 2 rings (SSSR count). The molecule has 82 valence electrons. The summed E-state index contributed by atoms with van der Waals surface area (Å²) in [7, 11) is -0.324. The largest absolute Gasteiger partial charge is 0.321 e. The number of hydrogen-bond acceptors (Lipinski definition) is 1. The van der Waals surface area contributed by atoms with Crippen LogP contribution in [0.2, 0.25) is 0 Å². The first kappa shape index (κ1) is 11.4. The van der Waals surface area contributed by atoms with Gasteiger partial charge in [0.05, 0.1) is 0 Å². The fourth-order valence-corrected chi connectivity index (χ4v) is 4.76. The standard InChI is InChI=1S/C13H14ClNSi/c1-15-16(14,12-8-4-2-5-9-12)13-10-6-3-7-11-13/h2-11,15H,1H3. The molecule has 1 N–H and O–H groups in total. The van der Waals surface area contributed by atoms with Crippen LogP contribution in [0, 0.1) is 0 Å². The van der Waals surface area contributed by atoms with Crippen molar-refractivity contribution in [3.05, 3.63) is 60.7 Å². The van der Waals surface area contributed by atoms with E-state index in [9.17, 15) is 0 Å². The maximum absolute atomic E-state index is 6.80. The highest BCUT2D eigenvalue weighted by atomic mass is 35.6. The smallest absolute Gasteiger partial charge is 0.289 e. The van der Waals surface area contributed by atoms with E-state index in [1.165, 1.54) is 10.4 Å². The van der Waals surface area contributed by atoms with Crippen LogP contribution in [-0.2, 0) is 0 Å². The van der Waals surface area contributed by atoms with E-state index in [0.717, 1.165) is 0 Å². The molecular formula is C13H14ClNSi. The Labute approximate surface area is 102 Å². The first-order valence-electron chi connectivity index (χ1n) is 5.26. The zero-order valence-electron chi connectivity index (χ0n) is 9.15. The summed E-state index contributed by atoms with van der Waals surface area (Å²) in [6, 6.07) is 20.5. The van der Waals surface area contributed by atoms with E-state index in [4.69, 9.17) is 11.1 Å². The SMILES string of the molecule is CN[Si](Cl)(c1ccccc1)c1ccccc1. The number of halogens is 1. The summed E-state index contributed by atoms with van der Waals surface area (Å²) in [4.78, 5) is 3.32. The topological polar surface area (TPSA) is 12.0 Å². The van der Waals surface area contributed by atoms with Gasteiger partial charge in [-0.25, -0.2) is 0 Å². The number of benzene rings is 2. The maximum Gasteiger partial charge on any atom is 0.289 e. The zero-order chi connectivity index (χ0) is 11.4. The minimum absolute atomic E-state index is 1.19. The highest BCUT2D eigenvalue weighted by Gasteiger charge is 2.33. The van der Waals surface area contributed by atoms with Gasteiger partial charge in [0.15, 0.2) is 0 Å². The molecule has 0 aromatic heterocycles. The van der Waals surface area contributed by atoms with Gasteiger partial charge in [0.2, 0.25) is 0 Å². The Hall–Kier alpha value is -1.09. The Morgan fingerprint density at radius 1 is 0.812 bits per heavy atom. The van der Waals surface area contributed by atoms with Crippen molar-refractivity contribution < 1.29 is 0 Å². The van der Waals surface area contributed by atoms with Crippen LogP contribution in [-0.4, -0.2) is 14.6 Å². The van der Waals surface area contributed by atoms with Crippen molar-refractivity contribution in [1.29, 1.82) is 0 Å². The predicted octanol–water partition coefficient (Wildman–Crippen LogP) is 1.70. The zero-order valence-corrected chi connectivity index (χ0v) is 10.9. The average Bonchev–Trinajstić information content (AvgIpc) is 2.40. The van der Waals surface area contributed by atoms with Gasteiger partial charge in [-0.2, -0.15) is 0 Å². The van der Waals surface area contributed by atoms with Gasteiger partial charge >= 0.3 is 0 Å². The van der Waals surface area contributed by atoms with Crippen molar-refractivity contribution in [2.24, 2.45) is 0 Å². The summed E-state index contributed by atoms with van der Waals surface area (Å²) in [6.45, 7) is 0. The fraction of sp³-hybridized carbons (Fsp3) is 0.0769. The van der Waals surface area contributed by atoms with E-state index in [1.807, 2.05) is 43.4 Å². The molecule has 0 radical (unpaired) electrons. The summed E-state index contributed by atoms with van der Waals surface area (Å²) in [5.41, 5.74) is 0. The van der Waals surface area contributed by atoms with Gasteiger partial charge in [-0.3, -0.25) is 0 Å². The van der Waals surface area contributed by atoms with E-state index in [-0.39, 0.29) is 0 Å². The van der Waals surface area contributed by atoms with Crippen LogP contribution in [0.15, 0.2) is 60.7 Å². The monoisotopic (exact) mass is 247 g/mol. The minimum atomic E-state index is -2.25. The molecule has 0 atom stereocenters. The number of hydrogen-bond donors (Lipinski definition) is 1. The number of nitrogens with one attached hydrogen (secondary N) is 1. The van der Waals surface area contributed by atoms with Crippen molar-refractivity contribution in [3.8, 4) is 0 Å². The quantitative estimate of drug-likeness (QED) is 0.643. The molecule has 0 unspecified atom stereocenters. The second-order valence-electron chi connectivity index (χ2n) is 3.64. The third-order valence-electron chi connectivity index (χ3n) is 2.69. The third kappa shape index (κ3) is 2.05. The Bertz CT molecular complexity index is 405. The second-order valence-corrected chi connectivity index (χ2v) is 8.31. The Balaban J connectivity index is 2.49. The van der Waals surface area contributed by atoms with E-state index < -0.39 is 7.55 Å². The van der Waals surface area contributed by atoms with E-state index in [1.54, 1.807) is 0 Å². The van der Waals surface area contributed by atoms with Gasteiger partial charge in [-0.05, 0) is 17.4 Å². The van der Waals surface area contributed by atoms with Crippen molar-refractivity contribution in [1.82, 2.24) is 4.98 Å². The van der Waals surface area contributed by atoms with Crippen LogP contribution in [0.1, 0.15) is 0 Å². The van der Waals surface area contributed by atoms with Crippen LogP contribution < -0.4 is 15.4 Å². The van der Waals surface area contributed by atoms with Gasteiger partial charge in [-0.1, -0.05) is 60.7 Å². The van der Waals surface area contributed by atoms with Crippen LogP contribution in [0.25, 0.3) is 0 Å². The van der Waals surface area contributed by atoms with Crippen LogP contribution in [0.4, 0.5) is 0 Å². The van der Waals surface area contributed by atoms with Crippen molar-refractivity contribution >= 4 is 29.0 Å². The molecule has 0 fully saturated rings. The van der Waals surface area contributed by atoms with Gasteiger partial charge in [0, 0.05) is 0 Å². The third-order valence-corrected chi connectivity index (χ3v) is 7.51. The van der Waals surface area contributed by atoms with E-state index in [0.29, 0.717) is 0 Å². The summed E-state index contributed by atoms with van der Waals surface area (Å²) in [5.74, 6) is 0. The molecule has 2 aromatic carbocycles. The van der Waals surface area contributed by atoms with Gasteiger partial charge in [0.25, 0.3) is 7.55 Å². The van der Waals surface area contributed by atoms with Crippen molar-refractivity contribution in [2.45, 2.75) is 0 Å². The van der Waals surface area contributed by atoms with Crippen molar-refractivity contribution in [3.63, 3.8) is 0 Å². The van der Waals surface area contributed by atoms with Crippen LogP contribution >= 0.6 is 11.1 Å². The molecule has 0 aliphatic rings. The molecule has 0 heterocycles. The van der Waals surface area contributed by atoms with Gasteiger partial charge in [0.1, 0.15) is 0 Å². The van der Waals surface area contributed by atoms with Crippen LogP contribution in [0.5, 0.6) is 0 Å². The Kier molecular flexibility index (Phi) is 3.44. The molecule has 0 aliphatic carbocycles. The average molecular weight is 248 g/mol. The molecule has 0 saturated heterocycles. The molecule has 3 heteroatoms. The normalized spacial score (nSPS) is 11.4. The molecule has 2 aromatic rings. The first-order chi connectivity index (χ1) is 7.77. The molecule has 0 spiro atoms. The minimum Gasteiger partial charge on any atom is -0.321 e. The van der Waals surface area contributed by atoms with Gasteiger partial charge in [-0.15, -0.1) is 11.1 Å². The molecule has 0 aliphatic heterocycles. The molecule has 1 nitrogen and oxygen atoms in total. The van der Waals surface area contributed by atoms with Crippen LogP contribution in [0.3, 0.4) is 0 Å². The second kappa shape index (κ2) is 4.83. The van der Waals surface area contributed by atoms with E-state index in [2.05, 4.69) is 29.2 Å². The lowest BCUT2D eigenvalue weighted by Gasteiger charge is -2.24. The first-order valence-corrected chi connectivity index (χ1v) is 8.27.